The van der Waals surface area contributed by atoms with Crippen molar-refractivity contribution in [1.82, 2.24) is 24.9 Å². The summed E-state index contributed by atoms with van der Waals surface area (Å²) >= 11 is 0. The fourth-order valence-electron chi connectivity index (χ4n) is 3.35. The number of piperidine rings is 1. The minimum atomic E-state index is -0.504. The Hall–Kier alpha value is -3.56. The van der Waals surface area contributed by atoms with Crippen LogP contribution in [0.1, 0.15) is 18.4 Å². The number of aromatic nitrogens is 4. The molecule has 4 rings (SSSR count). The van der Waals surface area contributed by atoms with E-state index in [2.05, 4.69) is 20.4 Å². The van der Waals surface area contributed by atoms with Crippen LogP contribution in [0, 0.1) is 16.0 Å². The van der Waals surface area contributed by atoms with E-state index in [-0.39, 0.29) is 17.6 Å². The molecule has 144 valence electrons. The van der Waals surface area contributed by atoms with Crippen LogP contribution >= 0.6 is 0 Å². The highest BCUT2D eigenvalue weighted by atomic mass is 16.6. The number of pyridine rings is 1. The molecule has 10 heteroatoms. The van der Waals surface area contributed by atoms with Gasteiger partial charge in [0.25, 0.3) is 0 Å². The lowest BCUT2D eigenvalue weighted by Gasteiger charge is -2.31. The number of imidazole rings is 1. The maximum atomic E-state index is 12.4. The second kappa shape index (κ2) is 7.59. The van der Waals surface area contributed by atoms with Crippen LogP contribution < -0.4 is 10.2 Å². The highest BCUT2D eigenvalue weighted by Gasteiger charge is 2.26. The van der Waals surface area contributed by atoms with Crippen LogP contribution in [0.2, 0.25) is 0 Å². The number of hydrogen-bond donors (Lipinski definition) is 1. The van der Waals surface area contributed by atoms with E-state index in [0.717, 1.165) is 5.56 Å². The van der Waals surface area contributed by atoms with E-state index in [0.29, 0.717) is 43.9 Å². The molecule has 0 bridgehead atoms. The van der Waals surface area contributed by atoms with Gasteiger partial charge in [-0.2, -0.15) is 0 Å². The number of nitrogens with zero attached hydrogens (tertiary/aromatic N) is 6. The Labute approximate surface area is 160 Å². The van der Waals surface area contributed by atoms with E-state index in [9.17, 15) is 14.9 Å². The van der Waals surface area contributed by atoms with E-state index in [1.165, 1.54) is 10.7 Å². The Morgan fingerprint density at radius 3 is 2.79 bits per heavy atom. The molecule has 0 spiro atoms. The van der Waals surface area contributed by atoms with Crippen molar-refractivity contribution in [2.24, 2.45) is 5.92 Å². The number of amides is 1. The molecule has 0 aliphatic carbocycles. The molecule has 0 unspecified atom stereocenters. The summed E-state index contributed by atoms with van der Waals surface area (Å²) in [4.78, 5) is 33.1. The lowest BCUT2D eigenvalue weighted by Crippen LogP contribution is -2.40. The van der Waals surface area contributed by atoms with Gasteiger partial charge in [0.1, 0.15) is 6.20 Å². The van der Waals surface area contributed by atoms with Gasteiger partial charge in [-0.15, -0.1) is 0 Å². The fourth-order valence-corrected chi connectivity index (χ4v) is 3.35. The lowest BCUT2D eigenvalue weighted by atomic mass is 9.96. The minimum Gasteiger partial charge on any atom is -0.358 e. The fraction of sp³-hybridized carbons (Fsp3) is 0.333. The maximum absolute atomic E-state index is 12.4. The van der Waals surface area contributed by atoms with Crippen LogP contribution in [0.15, 0.2) is 42.9 Å². The third-order valence-electron chi connectivity index (χ3n) is 4.90. The first kappa shape index (κ1) is 17.8. The summed E-state index contributed by atoms with van der Waals surface area (Å²) in [6.07, 6.45) is 6.03. The number of carbonyl (C=O) groups excluding carboxylic acids is 1. The van der Waals surface area contributed by atoms with Gasteiger partial charge < -0.3 is 20.3 Å². The average molecular weight is 381 g/mol. The molecule has 3 aromatic heterocycles. The molecule has 1 fully saturated rings. The van der Waals surface area contributed by atoms with Gasteiger partial charge in [-0.1, -0.05) is 15.7 Å². The average Bonchev–Trinajstić information content (AvgIpc) is 3.16. The summed E-state index contributed by atoms with van der Waals surface area (Å²) in [5, 5.41) is 18.4. The van der Waals surface area contributed by atoms with Crippen molar-refractivity contribution in [3.8, 4) is 0 Å². The second-order valence-corrected chi connectivity index (χ2v) is 6.68. The Kier molecular flexibility index (Phi) is 4.83. The first-order valence-corrected chi connectivity index (χ1v) is 9.02. The van der Waals surface area contributed by atoms with E-state index in [1.54, 1.807) is 24.5 Å². The first-order valence-electron chi connectivity index (χ1n) is 9.02. The highest BCUT2D eigenvalue weighted by molar-refractivity contribution is 5.79. The van der Waals surface area contributed by atoms with Crippen molar-refractivity contribution >= 4 is 23.2 Å². The Balaban J connectivity index is 1.37. The number of anilines is 1. The van der Waals surface area contributed by atoms with E-state index in [4.69, 9.17) is 0 Å². The summed E-state index contributed by atoms with van der Waals surface area (Å²) in [5.41, 5.74) is 1.40. The molecule has 3 aromatic rings. The Bertz CT molecular complexity index is 997. The van der Waals surface area contributed by atoms with Crippen molar-refractivity contribution in [1.29, 1.82) is 0 Å². The van der Waals surface area contributed by atoms with Gasteiger partial charge in [-0.3, -0.25) is 9.78 Å². The number of nitrogens with one attached hydrogen (secondary N) is 1. The second-order valence-electron chi connectivity index (χ2n) is 6.68. The minimum absolute atomic E-state index is 0.0390. The van der Waals surface area contributed by atoms with Gasteiger partial charge in [0, 0.05) is 44.0 Å². The van der Waals surface area contributed by atoms with Gasteiger partial charge >= 0.3 is 5.82 Å². The Morgan fingerprint density at radius 2 is 2.07 bits per heavy atom. The van der Waals surface area contributed by atoms with E-state index in [1.807, 2.05) is 17.0 Å². The quantitative estimate of drug-likeness (QED) is 0.526. The molecule has 1 aliphatic heterocycles. The molecule has 1 N–H and O–H groups in total. The number of nitro groups is 1. The summed E-state index contributed by atoms with van der Waals surface area (Å²) in [5.74, 6) is 0.459. The molecule has 1 aliphatic rings. The first-order chi connectivity index (χ1) is 13.6. The van der Waals surface area contributed by atoms with Crippen LogP contribution in [-0.2, 0) is 11.3 Å². The number of carbonyl (C=O) groups is 1. The summed E-state index contributed by atoms with van der Waals surface area (Å²) < 4.78 is 1.24. The van der Waals surface area contributed by atoms with Gasteiger partial charge in [0.15, 0.2) is 5.82 Å². The molecule has 0 atom stereocenters. The van der Waals surface area contributed by atoms with Crippen LogP contribution in [0.4, 0.5) is 11.6 Å². The zero-order chi connectivity index (χ0) is 19.5. The lowest BCUT2D eigenvalue weighted by molar-refractivity contribution is -0.391. The van der Waals surface area contributed by atoms with E-state index < -0.39 is 4.92 Å². The summed E-state index contributed by atoms with van der Waals surface area (Å²) in [6.45, 7) is 1.79. The molecule has 10 nitrogen and oxygen atoms in total. The standard InChI is InChI=1S/C18H19N7O3/c26-18(21-11-13-2-1-7-19-10-13)14-5-8-23(9-6-14)16-4-3-15-20-12-17(25(27)28)24(15)22-16/h1-4,7,10,12,14H,5-6,8-9,11H2,(H,21,26). The summed E-state index contributed by atoms with van der Waals surface area (Å²) in [6, 6.07) is 7.28. The van der Waals surface area contributed by atoms with Crippen molar-refractivity contribution in [2.45, 2.75) is 19.4 Å². The molecule has 0 saturated carbocycles. The van der Waals surface area contributed by atoms with Gasteiger partial charge in [0.2, 0.25) is 11.6 Å². The van der Waals surface area contributed by atoms with Crippen molar-refractivity contribution in [2.75, 3.05) is 18.0 Å². The van der Waals surface area contributed by atoms with Crippen LogP contribution in [0.5, 0.6) is 0 Å². The monoisotopic (exact) mass is 381 g/mol. The molecule has 0 aromatic carbocycles. The van der Waals surface area contributed by atoms with Crippen LogP contribution in [0.25, 0.3) is 5.65 Å². The predicted molar refractivity (Wildman–Crippen MR) is 101 cm³/mol. The maximum Gasteiger partial charge on any atom is 0.368 e. The van der Waals surface area contributed by atoms with Gasteiger partial charge in [-0.05, 0) is 35.5 Å². The highest BCUT2D eigenvalue weighted by Crippen LogP contribution is 2.23. The van der Waals surface area contributed by atoms with Crippen LogP contribution in [0.3, 0.4) is 0 Å². The molecule has 4 heterocycles. The SMILES string of the molecule is O=C(NCc1cccnc1)C1CCN(c2ccc3ncc([N+](=O)[O-])n3n2)CC1. The van der Waals surface area contributed by atoms with Gasteiger partial charge in [0.05, 0.1) is 0 Å². The molecule has 1 amide bonds. The van der Waals surface area contributed by atoms with Crippen molar-refractivity contribution < 1.29 is 9.72 Å². The molecule has 28 heavy (non-hydrogen) atoms. The normalized spacial score (nSPS) is 14.9. The summed E-state index contributed by atoms with van der Waals surface area (Å²) in [7, 11) is 0. The van der Waals surface area contributed by atoms with Gasteiger partial charge in [-0.25, -0.2) is 4.98 Å². The molecular formula is C18H19N7O3. The molecule has 1 saturated heterocycles. The molecular weight excluding hydrogens is 362 g/mol. The smallest absolute Gasteiger partial charge is 0.358 e. The third-order valence-corrected chi connectivity index (χ3v) is 4.90. The number of rotatable bonds is 5. The zero-order valence-electron chi connectivity index (χ0n) is 15.1. The van der Waals surface area contributed by atoms with Crippen LogP contribution in [-0.4, -0.2) is 43.5 Å². The number of fused-ring (bicyclic) bond motifs is 1. The third kappa shape index (κ3) is 3.61. The predicted octanol–water partition coefficient (Wildman–Crippen LogP) is 1.57. The topological polar surface area (TPSA) is 119 Å². The number of hydrogen-bond acceptors (Lipinski definition) is 7. The largest absolute Gasteiger partial charge is 0.368 e. The van der Waals surface area contributed by atoms with E-state index >= 15 is 0 Å². The van der Waals surface area contributed by atoms with Crippen molar-refractivity contribution in [3.63, 3.8) is 0 Å². The van der Waals surface area contributed by atoms with Crippen molar-refractivity contribution in [3.05, 3.63) is 58.5 Å². The Morgan fingerprint density at radius 1 is 1.25 bits per heavy atom. The zero-order valence-corrected chi connectivity index (χ0v) is 15.1. The molecule has 0 radical (unpaired) electrons.